The molecule has 2 aliphatic carbocycles. The van der Waals surface area contributed by atoms with Crippen LogP contribution < -0.4 is 0 Å². The molecule has 0 saturated heterocycles. The zero-order valence-corrected chi connectivity index (χ0v) is 15.8. The molecular formula is C24H25ClO. The van der Waals surface area contributed by atoms with Crippen molar-refractivity contribution in [3.63, 3.8) is 0 Å². The maximum Gasteiger partial charge on any atom is 0.143 e. The first-order valence-electron chi connectivity index (χ1n) is 9.72. The van der Waals surface area contributed by atoms with Crippen LogP contribution in [0, 0.1) is 11.3 Å². The van der Waals surface area contributed by atoms with Gasteiger partial charge < -0.3 is 0 Å². The van der Waals surface area contributed by atoms with E-state index in [1.807, 2.05) is 18.2 Å². The molecule has 4 rings (SSSR count). The Balaban J connectivity index is 1.42. The quantitative estimate of drug-likeness (QED) is 0.522. The number of hydrogen-bond donors (Lipinski definition) is 0. The largest absolute Gasteiger partial charge is 0.299 e. The summed E-state index contributed by atoms with van der Waals surface area (Å²) in [5.41, 5.74) is 2.43. The van der Waals surface area contributed by atoms with Gasteiger partial charge in [-0.15, -0.1) is 0 Å². The summed E-state index contributed by atoms with van der Waals surface area (Å²) >= 11 is 6.06. The van der Waals surface area contributed by atoms with Crippen LogP contribution in [-0.4, -0.2) is 5.78 Å². The average Bonchev–Trinajstić information content (AvgIpc) is 2.69. The van der Waals surface area contributed by atoms with Gasteiger partial charge >= 0.3 is 0 Å². The third-order valence-electron chi connectivity index (χ3n) is 6.30. The Hall–Kier alpha value is -1.86. The van der Waals surface area contributed by atoms with E-state index < -0.39 is 0 Å². The van der Waals surface area contributed by atoms with Gasteiger partial charge in [0, 0.05) is 22.3 Å². The molecule has 26 heavy (non-hydrogen) atoms. The number of allylic oxidation sites excluding steroid dienone is 1. The van der Waals surface area contributed by atoms with Gasteiger partial charge in [-0.05, 0) is 55.4 Å². The molecular weight excluding hydrogens is 340 g/mol. The molecule has 0 N–H and O–H groups in total. The number of carbonyl (C=O) groups excluding carboxylic acids is 1. The van der Waals surface area contributed by atoms with Crippen LogP contribution in [-0.2, 0) is 4.79 Å². The molecule has 2 saturated carbocycles. The molecule has 2 aromatic rings. The predicted octanol–water partition coefficient (Wildman–Crippen LogP) is 6.68. The topological polar surface area (TPSA) is 17.1 Å². The number of carbonyl (C=O) groups is 1. The molecule has 0 amide bonds. The summed E-state index contributed by atoms with van der Waals surface area (Å²) in [5, 5.41) is 0.768. The van der Waals surface area contributed by atoms with Crippen molar-refractivity contribution in [2.45, 2.75) is 44.4 Å². The van der Waals surface area contributed by atoms with Crippen molar-refractivity contribution < 1.29 is 4.79 Å². The van der Waals surface area contributed by atoms with Crippen LogP contribution >= 0.6 is 11.6 Å². The molecule has 2 heteroatoms. The molecule has 2 fully saturated rings. The van der Waals surface area contributed by atoms with Gasteiger partial charge in [-0.1, -0.05) is 72.6 Å². The number of hydrogen-bond acceptors (Lipinski definition) is 1. The highest BCUT2D eigenvalue weighted by Gasteiger charge is 2.62. The summed E-state index contributed by atoms with van der Waals surface area (Å²) in [6.07, 6.45) is 10.8. The lowest BCUT2D eigenvalue weighted by molar-refractivity contribution is -0.158. The minimum absolute atomic E-state index is 0.114. The number of fused-ring (bicyclic) bond motifs is 2. The van der Waals surface area contributed by atoms with Crippen LogP contribution in [0.3, 0.4) is 0 Å². The second-order valence-electron chi connectivity index (χ2n) is 7.75. The van der Waals surface area contributed by atoms with Gasteiger partial charge in [0.25, 0.3) is 0 Å². The lowest BCUT2D eigenvalue weighted by Crippen LogP contribution is -2.58. The first kappa shape index (κ1) is 17.5. The third kappa shape index (κ3) is 3.14. The van der Waals surface area contributed by atoms with E-state index in [0.29, 0.717) is 11.7 Å². The fourth-order valence-electron chi connectivity index (χ4n) is 5.12. The van der Waals surface area contributed by atoms with E-state index in [0.717, 1.165) is 37.1 Å². The van der Waals surface area contributed by atoms with Gasteiger partial charge in [-0.2, -0.15) is 0 Å². The fraction of sp³-hybridized carbons (Fsp3) is 0.375. The highest BCUT2D eigenvalue weighted by Crippen LogP contribution is 2.64. The Labute approximate surface area is 161 Å². The smallest absolute Gasteiger partial charge is 0.143 e. The molecule has 0 spiro atoms. The van der Waals surface area contributed by atoms with E-state index in [2.05, 4.69) is 48.6 Å². The number of ketones is 1. The monoisotopic (exact) mass is 364 g/mol. The molecule has 134 valence electrons. The highest BCUT2D eigenvalue weighted by atomic mass is 35.5. The van der Waals surface area contributed by atoms with E-state index in [1.165, 1.54) is 17.5 Å². The van der Waals surface area contributed by atoms with Gasteiger partial charge in [0.2, 0.25) is 0 Å². The molecule has 0 radical (unpaired) electrons. The highest BCUT2D eigenvalue weighted by molar-refractivity contribution is 6.30. The number of benzene rings is 2. The van der Waals surface area contributed by atoms with Gasteiger partial charge in [0.15, 0.2) is 0 Å². The number of halogens is 1. The van der Waals surface area contributed by atoms with Crippen molar-refractivity contribution in [1.82, 2.24) is 0 Å². The summed E-state index contributed by atoms with van der Waals surface area (Å²) in [7, 11) is 0. The molecule has 0 unspecified atom stereocenters. The van der Waals surface area contributed by atoms with Crippen LogP contribution in [0.1, 0.15) is 55.6 Å². The molecule has 0 aromatic heterocycles. The summed E-state index contributed by atoms with van der Waals surface area (Å²) in [6, 6.07) is 18.6. The standard InChI is InChI=1S/C24H25ClO/c25-20-14-12-19(13-15-20)22-21-11-7-17-24(22,23(21)26)16-6-2-5-10-18-8-3-1-4-9-18/h1,3-5,8-10,12-15,21-22H,2,6-7,11,16-17H2/b10-5+/t21-,22-,24+/m0/s1. The Bertz CT molecular complexity index is 793. The van der Waals surface area contributed by atoms with Crippen LogP contribution in [0.25, 0.3) is 6.08 Å². The molecule has 2 bridgehead atoms. The SMILES string of the molecule is O=C1[C@H]2CCC[C@]1(CCC/C=C/c1ccccc1)[C@H]2c1ccc(Cl)cc1. The summed E-state index contributed by atoms with van der Waals surface area (Å²) in [4.78, 5) is 12.9. The lowest BCUT2D eigenvalue weighted by atomic mass is 9.43. The van der Waals surface area contributed by atoms with E-state index in [4.69, 9.17) is 11.6 Å². The number of rotatable bonds is 6. The van der Waals surface area contributed by atoms with E-state index in [-0.39, 0.29) is 11.3 Å². The van der Waals surface area contributed by atoms with Crippen LogP contribution in [0.5, 0.6) is 0 Å². The maximum absolute atomic E-state index is 12.9. The Morgan fingerprint density at radius 1 is 1.08 bits per heavy atom. The van der Waals surface area contributed by atoms with Crippen molar-refractivity contribution in [2.75, 3.05) is 0 Å². The van der Waals surface area contributed by atoms with Crippen molar-refractivity contribution in [1.29, 1.82) is 0 Å². The summed E-state index contributed by atoms with van der Waals surface area (Å²) in [5.74, 6) is 1.17. The maximum atomic E-state index is 12.9. The lowest BCUT2D eigenvalue weighted by Gasteiger charge is -2.58. The summed E-state index contributed by atoms with van der Waals surface area (Å²) in [6.45, 7) is 0. The molecule has 2 aliphatic rings. The van der Waals surface area contributed by atoms with E-state index in [1.54, 1.807) is 0 Å². The minimum Gasteiger partial charge on any atom is -0.299 e. The second kappa shape index (κ2) is 7.40. The molecule has 1 nitrogen and oxygen atoms in total. The molecule has 3 atom stereocenters. The normalized spacial score (nSPS) is 27.5. The minimum atomic E-state index is -0.114. The van der Waals surface area contributed by atoms with Gasteiger partial charge in [-0.3, -0.25) is 4.79 Å². The molecule has 0 aliphatic heterocycles. The van der Waals surface area contributed by atoms with Crippen LogP contribution in [0.4, 0.5) is 0 Å². The third-order valence-corrected chi connectivity index (χ3v) is 6.55. The fourth-order valence-corrected chi connectivity index (χ4v) is 5.25. The summed E-state index contributed by atoms with van der Waals surface area (Å²) < 4.78 is 0. The molecule has 2 aromatic carbocycles. The second-order valence-corrected chi connectivity index (χ2v) is 8.19. The Morgan fingerprint density at radius 3 is 2.58 bits per heavy atom. The molecule has 0 heterocycles. The van der Waals surface area contributed by atoms with Crippen molar-refractivity contribution in [3.05, 3.63) is 76.8 Å². The number of Topliss-reactive ketones (excluding diaryl/α,β-unsaturated/α-hetero) is 1. The van der Waals surface area contributed by atoms with Gasteiger partial charge in [0.05, 0.1) is 0 Å². The number of unbranched alkanes of at least 4 members (excludes halogenated alkanes) is 1. The first-order valence-corrected chi connectivity index (χ1v) is 10.1. The van der Waals surface area contributed by atoms with Crippen LogP contribution in [0.2, 0.25) is 5.02 Å². The predicted molar refractivity (Wildman–Crippen MR) is 108 cm³/mol. The Kier molecular flexibility index (Phi) is 5.00. The van der Waals surface area contributed by atoms with Gasteiger partial charge in [0.1, 0.15) is 5.78 Å². The zero-order valence-electron chi connectivity index (χ0n) is 15.0. The Morgan fingerprint density at radius 2 is 1.85 bits per heavy atom. The van der Waals surface area contributed by atoms with Crippen molar-refractivity contribution in [2.24, 2.45) is 11.3 Å². The van der Waals surface area contributed by atoms with Gasteiger partial charge in [-0.25, -0.2) is 0 Å². The van der Waals surface area contributed by atoms with E-state index >= 15 is 0 Å². The average molecular weight is 365 g/mol. The van der Waals surface area contributed by atoms with E-state index in [9.17, 15) is 4.79 Å². The first-order chi connectivity index (χ1) is 12.7. The zero-order chi connectivity index (χ0) is 18.0. The van der Waals surface area contributed by atoms with Crippen molar-refractivity contribution >= 4 is 23.5 Å². The van der Waals surface area contributed by atoms with Crippen LogP contribution in [0.15, 0.2) is 60.7 Å². The van der Waals surface area contributed by atoms with Crippen molar-refractivity contribution in [3.8, 4) is 0 Å².